The van der Waals surface area contributed by atoms with Crippen LogP contribution in [0, 0.1) is 6.92 Å². The van der Waals surface area contributed by atoms with Crippen molar-refractivity contribution < 1.29 is 35.7 Å². The minimum Gasteiger partial charge on any atom is -0.423 e. The minimum absolute atomic E-state index is 0.329. The molecule has 0 bridgehead atoms. The van der Waals surface area contributed by atoms with E-state index in [1.165, 1.54) is 0 Å². The van der Waals surface area contributed by atoms with Gasteiger partial charge in [0.05, 0.1) is 11.1 Å². The van der Waals surface area contributed by atoms with Crippen molar-refractivity contribution in [3.05, 3.63) is 95.6 Å². The lowest BCUT2D eigenvalue weighted by molar-refractivity contribution is -0.140. The standard InChI is InChI=1S/C14H12O2.C7H5F3O3S/c1-11-7-9-13(10-8-11)16-14(15)12-5-3-2-4-6-12;8-7(9,10)5-3-1-2-4-6(5)14(11,12)13/h2-10H,1H3;1-4H,(H,11,12,13). The van der Waals surface area contributed by atoms with Gasteiger partial charge in [0.1, 0.15) is 10.6 Å². The maximum Gasteiger partial charge on any atom is 0.417 e. The Bertz CT molecular complexity index is 1090. The number of carbonyl (C=O) groups excluding carboxylic acids is 1. The molecule has 0 saturated heterocycles. The summed E-state index contributed by atoms with van der Waals surface area (Å²) in [4.78, 5) is 10.5. The summed E-state index contributed by atoms with van der Waals surface area (Å²) in [6.07, 6.45) is -4.80. The summed E-state index contributed by atoms with van der Waals surface area (Å²) in [5.41, 5.74) is 0.324. The molecule has 0 amide bonds. The second kappa shape index (κ2) is 9.55. The normalized spacial score (nSPS) is 11.2. The van der Waals surface area contributed by atoms with Crippen LogP contribution in [-0.2, 0) is 16.3 Å². The average molecular weight is 438 g/mol. The van der Waals surface area contributed by atoms with Crippen molar-refractivity contribution in [3.63, 3.8) is 0 Å². The molecule has 1 N–H and O–H groups in total. The van der Waals surface area contributed by atoms with Crippen LogP contribution in [0.2, 0.25) is 0 Å². The average Bonchev–Trinajstić information content (AvgIpc) is 2.70. The Hall–Kier alpha value is -3.17. The van der Waals surface area contributed by atoms with E-state index >= 15 is 0 Å². The van der Waals surface area contributed by atoms with Crippen LogP contribution in [0.5, 0.6) is 5.75 Å². The lowest BCUT2D eigenvalue weighted by Gasteiger charge is -2.09. The molecule has 0 fully saturated rings. The van der Waals surface area contributed by atoms with E-state index in [1.54, 1.807) is 24.3 Å². The molecule has 0 unspecified atom stereocenters. The molecule has 0 atom stereocenters. The Morgan fingerprint density at radius 2 is 1.40 bits per heavy atom. The predicted molar refractivity (Wildman–Crippen MR) is 104 cm³/mol. The summed E-state index contributed by atoms with van der Waals surface area (Å²) in [7, 11) is -4.84. The van der Waals surface area contributed by atoms with Gasteiger partial charge in [0.15, 0.2) is 0 Å². The van der Waals surface area contributed by atoms with Gasteiger partial charge in [-0.3, -0.25) is 4.55 Å². The van der Waals surface area contributed by atoms with E-state index in [2.05, 4.69) is 0 Å². The molecular weight excluding hydrogens is 421 g/mol. The number of benzene rings is 3. The fourth-order valence-electron chi connectivity index (χ4n) is 2.27. The highest BCUT2D eigenvalue weighted by Crippen LogP contribution is 2.33. The maximum atomic E-state index is 12.2. The zero-order valence-electron chi connectivity index (χ0n) is 15.6. The summed E-state index contributed by atoms with van der Waals surface area (Å²) in [6, 6.07) is 19.8. The smallest absolute Gasteiger partial charge is 0.417 e. The summed E-state index contributed by atoms with van der Waals surface area (Å²) >= 11 is 0. The molecule has 0 heterocycles. The van der Waals surface area contributed by atoms with Gasteiger partial charge < -0.3 is 4.74 Å². The van der Waals surface area contributed by atoms with Crippen molar-refractivity contribution in [2.45, 2.75) is 18.0 Å². The summed E-state index contributed by atoms with van der Waals surface area (Å²) in [5, 5.41) is 0. The monoisotopic (exact) mass is 438 g/mol. The number of carbonyl (C=O) groups is 1. The van der Waals surface area contributed by atoms with E-state index in [1.807, 2.05) is 37.3 Å². The van der Waals surface area contributed by atoms with Gasteiger partial charge in [-0.15, -0.1) is 0 Å². The molecule has 0 spiro atoms. The van der Waals surface area contributed by atoms with E-state index in [0.29, 0.717) is 23.4 Å². The van der Waals surface area contributed by atoms with Crippen molar-refractivity contribution in [1.29, 1.82) is 0 Å². The van der Waals surface area contributed by atoms with Crippen LogP contribution in [0.15, 0.2) is 83.8 Å². The molecule has 3 rings (SSSR count). The first-order valence-electron chi connectivity index (χ1n) is 8.46. The van der Waals surface area contributed by atoms with Crippen molar-refractivity contribution >= 4 is 16.1 Å². The molecule has 158 valence electrons. The number of halogens is 3. The fraction of sp³-hybridized carbons (Fsp3) is 0.0952. The van der Waals surface area contributed by atoms with Crippen LogP contribution in [0.1, 0.15) is 21.5 Å². The lowest BCUT2D eigenvalue weighted by Crippen LogP contribution is -2.12. The number of rotatable bonds is 3. The zero-order chi connectivity index (χ0) is 22.4. The van der Waals surface area contributed by atoms with Crippen molar-refractivity contribution in [2.24, 2.45) is 0 Å². The Kier molecular flexibility index (Phi) is 7.36. The third-order valence-electron chi connectivity index (χ3n) is 3.71. The zero-order valence-corrected chi connectivity index (χ0v) is 16.4. The fourth-order valence-corrected chi connectivity index (χ4v) is 2.98. The van der Waals surface area contributed by atoms with Crippen molar-refractivity contribution in [1.82, 2.24) is 0 Å². The van der Waals surface area contributed by atoms with E-state index in [4.69, 9.17) is 9.29 Å². The van der Waals surface area contributed by atoms with Gasteiger partial charge in [0.25, 0.3) is 10.1 Å². The summed E-state index contributed by atoms with van der Waals surface area (Å²) < 4.78 is 71.4. The van der Waals surface area contributed by atoms with E-state index in [-0.39, 0.29) is 5.97 Å². The van der Waals surface area contributed by atoms with Crippen LogP contribution in [0.4, 0.5) is 13.2 Å². The number of aryl methyl sites for hydroxylation is 1. The Morgan fingerprint density at radius 1 is 0.867 bits per heavy atom. The Balaban J connectivity index is 0.000000216. The molecule has 0 aromatic heterocycles. The molecule has 5 nitrogen and oxygen atoms in total. The van der Waals surface area contributed by atoms with Gasteiger partial charge in [-0.1, -0.05) is 48.0 Å². The van der Waals surface area contributed by atoms with E-state index in [9.17, 15) is 26.4 Å². The molecule has 0 saturated carbocycles. The first-order valence-corrected chi connectivity index (χ1v) is 9.90. The van der Waals surface area contributed by atoms with Crippen LogP contribution >= 0.6 is 0 Å². The lowest BCUT2D eigenvalue weighted by atomic mass is 10.2. The topological polar surface area (TPSA) is 80.7 Å². The molecular formula is C21H17F3O5S. The predicted octanol–water partition coefficient (Wildman–Crippen LogP) is 5.17. The number of hydrogen-bond acceptors (Lipinski definition) is 4. The van der Waals surface area contributed by atoms with Gasteiger partial charge in [-0.25, -0.2) is 4.79 Å². The van der Waals surface area contributed by atoms with Crippen molar-refractivity contribution in [3.8, 4) is 5.75 Å². The van der Waals surface area contributed by atoms with Crippen molar-refractivity contribution in [2.75, 3.05) is 0 Å². The van der Waals surface area contributed by atoms with Crippen LogP contribution in [0.3, 0.4) is 0 Å². The van der Waals surface area contributed by atoms with Gasteiger partial charge in [-0.2, -0.15) is 21.6 Å². The number of hydrogen-bond donors (Lipinski definition) is 1. The molecule has 0 aliphatic carbocycles. The second-order valence-corrected chi connectivity index (χ2v) is 7.43. The van der Waals surface area contributed by atoms with E-state index in [0.717, 1.165) is 17.7 Å². The van der Waals surface area contributed by atoms with Crippen LogP contribution in [0.25, 0.3) is 0 Å². The SMILES string of the molecule is Cc1ccc(OC(=O)c2ccccc2)cc1.O=S(=O)(O)c1ccccc1C(F)(F)F. The highest BCUT2D eigenvalue weighted by atomic mass is 32.2. The van der Waals surface area contributed by atoms with Crippen LogP contribution in [-0.4, -0.2) is 18.9 Å². The number of ether oxygens (including phenoxy) is 1. The quantitative estimate of drug-likeness (QED) is 0.347. The largest absolute Gasteiger partial charge is 0.423 e. The third-order valence-corrected chi connectivity index (χ3v) is 4.62. The maximum absolute atomic E-state index is 12.2. The van der Waals surface area contributed by atoms with Crippen LogP contribution < -0.4 is 4.74 Å². The first-order chi connectivity index (χ1) is 14.0. The Morgan fingerprint density at radius 3 is 1.90 bits per heavy atom. The summed E-state index contributed by atoms with van der Waals surface area (Å²) in [5.74, 6) is 0.240. The van der Waals surface area contributed by atoms with E-state index < -0.39 is 26.8 Å². The molecule has 3 aromatic rings. The molecule has 9 heteroatoms. The van der Waals surface area contributed by atoms with Gasteiger partial charge in [0.2, 0.25) is 0 Å². The molecule has 30 heavy (non-hydrogen) atoms. The Labute approximate surface area is 171 Å². The number of esters is 1. The highest BCUT2D eigenvalue weighted by Gasteiger charge is 2.36. The third kappa shape index (κ3) is 6.71. The molecule has 0 aliphatic rings. The second-order valence-electron chi connectivity index (χ2n) is 6.04. The number of alkyl halides is 3. The van der Waals surface area contributed by atoms with Gasteiger partial charge >= 0.3 is 12.1 Å². The molecule has 0 radical (unpaired) electrons. The van der Waals surface area contributed by atoms with Gasteiger partial charge in [-0.05, 0) is 43.3 Å². The van der Waals surface area contributed by atoms with Gasteiger partial charge in [0, 0.05) is 0 Å². The highest BCUT2D eigenvalue weighted by molar-refractivity contribution is 7.85. The molecule has 3 aromatic carbocycles. The minimum atomic E-state index is -4.84. The first kappa shape index (κ1) is 23.1. The summed E-state index contributed by atoms with van der Waals surface area (Å²) in [6.45, 7) is 1.99. The molecule has 0 aliphatic heterocycles.